The SMILES string of the molecule is Cc1ccc(Cl)cc1NC(=O)[C@H](C)OC(=O)/C=C/c1ccc(C#N)cc1. The summed E-state index contributed by atoms with van der Waals surface area (Å²) in [5.74, 6) is -1.09. The quantitative estimate of drug-likeness (QED) is 0.636. The van der Waals surface area contributed by atoms with Gasteiger partial charge in [0.05, 0.1) is 11.6 Å². The fourth-order valence-electron chi connectivity index (χ4n) is 2.06. The molecule has 26 heavy (non-hydrogen) atoms. The molecule has 1 amide bonds. The van der Waals surface area contributed by atoms with Crippen LogP contribution in [0.15, 0.2) is 48.5 Å². The van der Waals surface area contributed by atoms with Crippen LogP contribution < -0.4 is 5.32 Å². The molecule has 0 fully saturated rings. The number of ether oxygens (including phenoxy) is 1. The first kappa shape index (κ1) is 19.2. The molecule has 2 aromatic rings. The zero-order valence-electron chi connectivity index (χ0n) is 14.3. The third-order valence-corrected chi connectivity index (χ3v) is 3.81. The van der Waals surface area contributed by atoms with E-state index >= 15 is 0 Å². The molecular weight excluding hydrogens is 352 g/mol. The van der Waals surface area contributed by atoms with Crippen molar-refractivity contribution in [2.24, 2.45) is 0 Å². The maximum Gasteiger partial charge on any atom is 0.331 e. The van der Waals surface area contributed by atoms with Crippen molar-refractivity contribution in [2.75, 3.05) is 5.32 Å². The summed E-state index contributed by atoms with van der Waals surface area (Å²) in [7, 11) is 0. The van der Waals surface area contributed by atoms with Gasteiger partial charge in [-0.25, -0.2) is 4.79 Å². The van der Waals surface area contributed by atoms with Gasteiger partial charge in [-0.15, -0.1) is 0 Å². The van der Waals surface area contributed by atoms with E-state index in [0.717, 1.165) is 11.1 Å². The molecular formula is C20H17ClN2O3. The summed E-state index contributed by atoms with van der Waals surface area (Å²) in [4.78, 5) is 24.0. The van der Waals surface area contributed by atoms with Crippen LogP contribution in [0.1, 0.15) is 23.6 Å². The lowest BCUT2D eigenvalue weighted by atomic mass is 10.1. The molecule has 1 N–H and O–H groups in total. The Kier molecular flexibility index (Phi) is 6.54. The predicted molar refractivity (Wildman–Crippen MR) is 101 cm³/mol. The Balaban J connectivity index is 1.93. The maximum atomic E-state index is 12.2. The number of nitrogens with one attached hydrogen (secondary N) is 1. The second-order valence-corrected chi connectivity index (χ2v) is 6.03. The highest BCUT2D eigenvalue weighted by Crippen LogP contribution is 2.20. The van der Waals surface area contributed by atoms with Crippen molar-refractivity contribution in [3.8, 4) is 6.07 Å². The molecule has 0 radical (unpaired) electrons. The molecule has 0 aromatic heterocycles. The molecule has 1 atom stereocenters. The van der Waals surface area contributed by atoms with Gasteiger partial charge in [0.2, 0.25) is 0 Å². The zero-order valence-corrected chi connectivity index (χ0v) is 15.1. The normalized spacial score (nSPS) is 11.6. The Hall–Kier alpha value is -3.10. The fourth-order valence-corrected chi connectivity index (χ4v) is 2.24. The van der Waals surface area contributed by atoms with Crippen molar-refractivity contribution in [3.63, 3.8) is 0 Å². The summed E-state index contributed by atoms with van der Waals surface area (Å²) in [6.45, 7) is 3.33. The fraction of sp³-hybridized carbons (Fsp3) is 0.150. The minimum absolute atomic E-state index is 0.449. The summed E-state index contributed by atoms with van der Waals surface area (Å²) in [6, 6.07) is 13.9. The van der Waals surface area contributed by atoms with E-state index in [-0.39, 0.29) is 0 Å². The highest BCUT2D eigenvalue weighted by atomic mass is 35.5. The molecule has 0 unspecified atom stereocenters. The molecule has 2 rings (SSSR count). The Morgan fingerprint density at radius 3 is 2.58 bits per heavy atom. The van der Waals surface area contributed by atoms with E-state index in [0.29, 0.717) is 16.3 Å². The Morgan fingerprint density at radius 2 is 1.92 bits per heavy atom. The van der Waals surface area contributed by atoms with Crippen molar-refractivity contribution < 1.29 is 14.3 Å². The van der Waals surface area contributed by atoms with E-state index in [1.807, 2.05) is 13.0 Å². The van der Waals surface area contributed by atoms with Crippen LogP contribution in [-0.2, 0) is 14.3 Å². The minimum Gasteiger partial charge on any atom is -0.449 e. The summed E-state index contributed by atoms with van der Waals surface area (Å²) >= 11 is 5.92. The number of nitriles is 1. The van der Waals surface area contributed by atoms with Crippen LogP contribution in [0.4, 0.5) is 5.69 Å². The average Bonchev–Trinajstić information content (AvgIpc) is 2.63. The largest absolute Gasteiger partial charge is 0.449 e. The lowest BCUT2D eigenvalue weighted by molar-refractivity contribution is -0.148. The van der Waals surface area contributed by atoms with Gasteiger partial charge in [-0.05, 0) is 55.3 Å². The number of amides is 1. The molecule has 0 bridgehead atoms. The number of hydrogen-bond donors (Lipinski definition) is 1. The molecule has 5 nitrogen and oxygen atoms in total. The molecule has 0 aliphatic heterocycles. The van der Waals surface area contributed by atoms with Gasteiger partial charge in [-0.2, -0.15) is 5.26 Å². The standard InChI is InChI=1S/C20H17ClN2O3/c1-13-3-9-17(21)11-18(13)23-20(25)14(2)26-19(24)10-8-15-4-6-16(12-22)7-5-15/h3-11,14H,1-2H3,(H,23,25)/b10-8+/t14-/m0/s1. The number of esters is 1. The summed E-state index contributed by atoms with van der Waals surface area (Å²) in [5.41, 5.74) is 2.69. The molecule has 0 heterocycles. The van der Waals surface area contributed by atoms with Gasteiger partial charge in [0.25, 0.3) is 5.91 Å². The van der Waals surface area contributed by atoms with Gasteiger partial charge in [0, 0.05) is 16.8 Å². The second kappa shape index (κ2) is 8.84. The number of aryl methyl sites for hydroxylation is 1. The number of anilines is 1. The van der Waals surface area contributed by atoms with Crippen LogP contribution in [0, 0.1) is 18.3 Å². The second-order valence-electron chi connectivity index (χ2n) is 5.59. The Bertz CT molecular complexity index is 883. The highest BCUT2D eigenvalue weighted by Gasteiger charge is 2.17. The van der Waals surface area contributed by atoms with E-state index in [2.05, 4.69) is 5.32 Å². The number of rotatable bonds is 5. The summed E-state index contributed by atoms with van der Waals surface area (Å²) in [5, 5.41) is 11.9. The minimum atomic E-state index is -0.966. The summed E-state index contributed by atoms with van der Waals surface area (Å²) < 4.78 is 5.10. The molecule has 0 saturated heterocycles. The topological polar surface area (TPSA) is 79.2 Å². The van der Waals surface area contributed by atoms with Crippen molar-refractivity contribution in [1.82, 2.24) is 0 Å². The van der Waals surface area contributed by atoms with Crippen LogP contribution in [0.2, 0.25) is 5.02 Å². The molecule has 2 aromatic carbocycles. The Labute approximate surface area is 156 Å². The van der Waals surface area contributed by atoms with E-state index in [1.54, 1.807) is 48.5 Å². The molecule has 6 heteroatoms. The first-order chi connectivity index (χ1) is 12.4. The third kappa shape index (κ3) is 5.47. The van der Waals surface area contributed by atoms with Gasteiger partial charge in [-0.3, -0.25) is 4.79 Å². The van der Waals surface area contributed by atoms with Gasteiger partial charge in [0.15, 0.2) is 6.10 Å². The molecule has 0 saturated carbocycles. The Morgan fingerprint density at radius 1 is 1.23 bits per heavy atom. The molecule has 0 aliphatic rings. The monoisotopic (exact) mass is 368 g/mol. The first-order valence-electron chi connectivity index (χ1n) is 7.85. The highest BCUT2D eigenvalue weighted by molar-refractivity contribution is 6.31. The van der Waals surface area contributed by atoms with Crippen molar-refractivity contribution in [1.29, 1.82) is 5.26 Å². The molecule has 0 aliphatic carbocycles. The van der Waals surface area contributed by atoms with E-state index in [9.17, 15) is 9.59 Å². The smallest absolute Gasteiger partial charge is 0.331 e. The van der Waals surface area contributed by atoms with Crippen LogP contribution in [0.25, 0.3) is 6.08 Å². The third-order valence-electron chi connectivity index (χ3n) is 3.57. The van der Waals surface area contributed by atoms with Gasteiger partial charge >= 0.3 is 5.97 Å². The predicted octanol–water partition coefficient (Wildman–Crippen LogP) is 4.10. The van der Waals surface area contributed by atoms with Gasteiger partial charge < -0.3 is 10.1 Å². The van der Waals surface area contributed by atoms with Gasteiger partial charge in [-0.1, -0.05) is 29.8 Å². The van der Waals surface area contributed by atoms with E-state index in [1.165, 1.54) is 13.0 Å². The molecule has 132 valence electrons. The molecule has 0 spiro atoms. The number of carbonyl (C=O) groups excluding carboxylic acids is 2. The summed E-state index contributed by atoms with van der Waals surface area (Å²) in [6.07, 6.45) is 1.82. The van der Waals surface area contributed by atoms with Crippen LogP contribution in [-0.4, -0.2) is 18.0 Å². The number of carbonyl (C=O) groups is 2. The number of halogens is 1. The lowest BCUT2D eigenvalue weighted by Gasteiger charge is -2.14. The lowest BCUT2D eigenvalue weighted by Crippen LogP contribution is -2.29. The van der Waals surface area contributed by atoms with Crippen LogP contribution in [0.3, 0.4) is 0 Å². The number of nitrogens with zero attached hydrogens (tertiary/aromatic N) is 1. The average molecular weight is 369 g/mol. The maximum absolute atomic E-state index is 12.2. The van der Waals surface area contributed by atoms with Crippen LogP contribution in [0.5, 0.6) is 0 Å². The number of benzene rings is 2. The van der Waals surface area contributed by atoms with E-state index < -0.39 is 18.0 Å². The van der Waals surface area contributed by atoms with E-state index in [4.69, 9.17) is 21.6 Å². The number of hydrogen-bond acceptors (Lipinski definition) is 4. The van der Waals surface area contributed by atoms with Crippen molar-refractivity contribution in [2.45, 2.75) is 20.0 Å². The first-order valence-corrected chi connectivity index (χ1v) is 8.22. The van der Waals surface area contributed by atoms with Crippen molar-refractivity contribution >= 4 is 35.2 Å². The van der Waals surface area contributed by atoms with Crippen molar-refractivity contribution in [3.05, 3.63) is 70.3 Å². The zero-order chi connectivity index (χ0) is 19.1. The van der Waals surface area contributed by atoms with Crippen LogP contribution >= 0.6 is 11.6 Å². The van der Waals surface area contributed by atoms with Gasteiger partial charge in [0.1, 0.15) is 0 Å².